The maximum Gasteiger partial charge on any atom is 0.650 e. The van der Waals surface area contributed by atoms with E-state index in [-0.39, 0.29) is 19.4 Å². The summed E-state index contributed by atoms with van der Waals surface area (Å²) in [5.41, 5.74) is 5.08. The molecule has 0 aliphatic rings. The van der Waals surface area contributed by atoms with E-state index >= 15 is 0 Å². The molecule has 0 aromatic heterocycles. The van der Waals surface area contributed by atoms with Crippen LogP contribution < -0.4 is 5.73 Å². The Kier molecular flexibility index (Phi) is 6.08. The van der Waals surface area contributed by atoms with Crippen molar-refractivity contribution in [3.8, 4) is 0 Å². The highest BCUT2D eigenvalue weighted by Crippen LogP contribution is 2.19. The number of rotatable bonds is 8. The minimum atomic E-state index is -3.61. The zero-order valence-corrected chi connectivity index (χ0v) is 9.22. The number of nitrogens with two attached hydrogens (primary N) is 1. The number of carbonyl (C=O) groups is 1. The quantitative estimate of drug-likeness (QED) is 0.191. The van der Waals surface area contributed by atoms with Crippen molar-refractivity contribution in [2.75, 3.05) is 13.2 Å². The van der Waals surface area contributed by atoms with Gasteiger partial charge in [-0.05, 0) is 13.0 Å². The molecule has 0 rings (SSSR count). The van der Waals surface area contributed by atoms with Gasteiger partial charge in [-0.25, -0.2) is 0 Å². The lowest BCUT2D eigenvalue weighted by atomic mass is 10.2. The van der Waals surface area contributed by atoms with Crippen LogP contribution in [0.1, 0.15) is 12.8 Å². The average molecular weight is 267 g/mol. The van der Waals surface area contributed by atoms with Gasteiger partial charge < -0.3 is 20.7 Å². The lowest BCUT2D eigenvalue weighted by Crippen LogP contribution is -2.60. The van der Waals surface area contributed by atoms with Gasteiger partial charge in [-0.3, -0.25) is 25.0 Å². The van der Waals surface area contributed by atoms with Crippen molar-refractivity contribution in [2.24, 2.45) is 5.73 Å². The molecule has 0 saturated carbocycles. The molecule has 0 radical (unpaired) electrons. The molecule has 0 fully saturated rings. The molecule has 0 aliphatic heterocycles. The van der Waals surface area contributed by atoms with Crippen LogP contribution in [0.3, 0.4) is 0 Å². The van der Waals surface area contributed by atoms with E-state index in [0.717, 1.165) is 0 Å². The molecule has 0 aliphatic carbocycles. The average Bonchev–Trinajstić information content (AvgIpc) is 2.31. The highest BCUT2D eigenvalue weighted by molar-refractivity contribution is 5.69. The van der Waals surface area contributed by atoms with E-state index in [1.807, 2.05) is 0 Å². The van der Waals surface area contributed by atoms with E-state index in [4.69, 9.17) is 15.9 Å². The summed E-state index contributed by atoms with van der Waals surface area (Å²) in [7, 11) is 0. The molecule has 18 heavy (non-hydrogen) atoms. The third kappa shape index (κ3) is 3.32. The van der Waals surface area contributed by atoms with E-state index in [1.54, 1.807) is 0 Å². The van der Waals surface area contributed by atoms with Crippen LogP contribution in [0.2, 0.25) is 0 Å². The molecule has 0 spiro atoms. The summed E-state index contributed by atoms with van der Waals surface area (Å²) in [6, 6.07) is 0. The predicted octanol–water partition coefficient (Wildman–Crippen LogP) is -2.17. The second-order valence-corrected chi connectivity index (χ2v) is 3.24. The lowest BCUT2D eigenvalue weighted by Gasteiger charge is -2.19. The molecule has 0 heterocycles. The van der Waals surface area contributed by atoms with Gasteiger partial charge in [-0.15, -0.1) is 0 Å². The summed E-state index contributed by atoms with van der Waals surface area (Å²) >= 11 is 0. The van der Waals surface area contributed by atoms with Crippen LogP contribution in [-0.4, -0.2) is 51.1 Å². The van der Waals surface area contributed by atoms with Crippen LogP contribution in [-0.2, 0) is 9.53 Å². The van der Waals surface area contributed by atoms with E-state index in [2.05, 4.69) is 4.74 Å². The highest BCUT2D eigenvalue weighted by atomic mass is 16.8. The van der Waals surface area contributed by atoms with Crippen molar-refractivity contribution < 1.29 is 29.6 Å². The highest BCUT2D eigenvalue weighted by Gasteiger charge is 2.68. The maximum atomic E-state index is 11.2. The van der Waals surface area contributed by atoms with Crippen molar-refractivity contribution in [2.45, 2.75) is 24.8 Å². The van der Waals surface area contributed by atoms with Gasteiger partial charge >= 0.3 is 11.8 Å². The molecule has 0 aromatic rings. The first-order chi connectivity index (χ1) is 8.32. The van der Waals surface area contributed by atoms with Gasteiger partial charge in [-0.1, -0.05) is 0 Å². The van der Waals surface area contributed by atoms with Crippen LogP contribution >= 0.6 is 0 Å². The Morgan fingerprint density at radius 1 is 1.39 bits per heavy atom. The normalized spacial score (nSPS) is 12.8. The van der Waals surface area contributed by atoms with E-state index in [0.29, 0.717) is 0 Å². The van der Waals surface area contributed by atoms with Gasteiger partial charge in [0, 0.05) is 6.42 Å². The molecule has 0 bridgehead atoms. The molecule has 1 unspecified atom stereocenters. The topological polar surface area (TPSA) is 179 Å². The smallest absolute Gasteiger partial charge is 0.393 e. The summed E-state index contributed by atoms with van der Waals surface area (Å²) in [6.07, 6.45) is -2.75. The standard InChI is InChI=1S/C7H13N3O8/c8-3-1-2-6(13)18-7(9(14)15,10(16)17)5(12)4-11/h5,11-12H,1-4,8H2. The number of aliphatic hydroxyl groups is 2. The van der Waals surface area contributed by atoms with Crippen LogP contribution in [0.15, 0.2) is 0 Å². The number of hydrogen-bond donors (Lipinski definition) is 3. The van der Waals surface area contributed by atoms with Gasteiger partial charge in [0.25, 0.3) is 6.10 Å². The number of ether oxygens (including phenoxy) is 1. The second-order valence-electron chi connectivity index (χ2n) is 3.24. The number of nitro groups is 2. The van der Waals surface area contributed by atoms with Crippen LogP contribution in [0, 0.1) is 20.2 Å². The Labute approximate surface area is 100 Å². The van der Waals surface area contributed by atoms with Gasteiger partial charge in [0.2, 0.25) is 0 Å². The number of aliphatic hydroxyl groups excluding tert-OH is 2. The first-order valence-corrected chi connectivity index (χ1v) is 4.82. The fraction of sp³-hybridized carbons (Fsp3) is 0.857. The fourth-order valence-corrected chi connectivity index (χ4v) is 1.04. The predicted molar refractivity (Wildman–Crippen MR) is 54.2 cm³/mol. The first kappa shape index (κ1) is 16.1. The SMILES string of the molecule is NCCCC(=O)OC(C(O)CO)([N+](=O)[O-])[N+](=O)[O-]. The molecule has 0 aromatic carbocycles. The number of hydrogen-bond acceptors (Lipinski definition) is 9. The molecular formula is C7H13N3O8. The molecule has 11 nitrogen and oxygen atoms in total. The first-order valence-electron chi connectivity index (χ1n) is 4.82. The molecule has 4 N–H and O–H groups in total. The minimum Gasteiger partial charge on any atom is -0.393 e. The Morgan fingerprint density at radius 2 is 1.89 bits per heavy atom. The van der Waals surface area contributed by atoms with Gasteiger partial charge in [0.15, 0.2) is 0 Å². The third-order valence-corrected chi connectivity index (χ3v) is 1.98. The molecule has 104 valence electrons. The summed E-state index contributed by atoms with van der Waals surface area (Å²) in [5, 5.41) is 39.1. The minimum absolute atomic E-state index is 0.0849. The number of carbonyl (C=O) groups excluding carboxylic acids is 1. The number of esters is 1. The van der Waals surface area contributed by atoms with Crippen molar-refractivity contribution in [3.63, 3.8) is 0 Å². The monoisotopic (exact) mass is 267 g/mol. The molecule has 11 heteroatoms. The second kappa shape index (κ2) is 6.78. The van der Waals surface area contributed by atoms with Crippen molar-refractivity contribution >= 4 is 5.97 Å². The zero-order valence-electron chi connectivity index (χ0n) is 9.22. The summed E-state index contributed by atoms with van der Waals surface area (Å²) in [5.74, 6) is -4.87. The van der Waals surface area contributed by atoms with Crippen LogP contribution in [0.25, 0.3) is 0 Å². The largest absolute Gasteiger partial charge is 0.650 e. The van der Waals surface area contributed by atoms with Gasteiger partial charge in [0.1, 0.15) is 9.85 Å². The lowest BCUT2D eigenvalue weighted by molar-refractivity contribution is -0.853. The fourth-order valence-electron chi connectivity index (χ4n) is 1.04. The van der Waals surface area contributed by atoms with Crippen molar-refractivity contribution in [1.82, 2.24) is 0 Å². The molecule has 1 atom stereocenters. The molecular weight excluding hydrogens is 254 g/mol. The molecule has 0 saturated heterocycles. The van der Waals surface area contributed by atoms with E-state index in [9.17, 15) is 25.0 Å². The van der Waals surface area contributed by atoms with Crippen molar-refractivity contribution in [3.05, 3.63) is 20.2 Å². The van der Waals surface area contributed by atoms with Crippen LogP contribution in [0.4, 0.5) is 0 Å². The Balaban J connectivity index is 5.14. The van der Waals surface area contributed by atoms with Gasteiger partial charge in [0.05, 0.1) is 6.61 Å². The zero-order chi connectivity index (χ0) is 14.3. The third-order valence-electron chi connectivity index (χ3n) is 1.98. The van der Waals surface area contributed by atoms with Crippen molar-refractivity contribution in [1.29, 1.82) is 0 Å². The molecule has 0 amide bonds. The van der Waals surface area contributed by atoms with E-state index < -0.39 is 34.4 Å². The maximum absolute atomic E-state index is 11.2. The number of nitrogens with zero attached hydrogens (tertiary/aromatic N) is 2. The summed E-state index contributed by atoms with van der Waals surface area (Å²) in [4.78, 5) is 29.3. The summed E-state index contributed by atoms with van der Waals surface area (Å²) in [6.45, 7) is -1.23. The van der Waals surface area contributed by atoms with Crippen LogP contribution in [0.5, 0.6) is 0 Å². The Morgan fingerprint density at radius 3 is 2.22 bits per heavy atom. The Bertz CT molecular complexity index is 319. The van der Waals surface area contributed by atoms with Gasteiger partial charge in [-0.2, -0.15) is 0 Å². The summed E-state index contributed by atoms with van der Waals surface area (Å²) < 4.78 is 4.11. The Hall–Kier alpha value is -1.85. The van der Waals surface area contributed by atoms with E-state index in [1.165, 1.54) is 0 Å².